The van der Waals surface area contributed by atoms with Crippen molar-refractivity contribution in [2.45, 2.75) is 25.7 Å². The molecule has 122 valence electrons. The zero-order valence-electron chi connectivity index (χ0n) is 12.8. The molecule has 1 aromatic carbocycles. The van der Waals surface area contributed by atoms with Crippen molar-refractivity contribution in [3.05, 3.63) is 51.3 Å². The van der Waals surface area contributed by atoms with Crippen molar-refractivity contribution in [1.82, 2.24) is 0 Å². The highest BCUT2D eigenvalue weighted by Crippen LogP contribution is 2.33. The summed E-state index contributed by atoms with van der Waals surface area (Å²) in [6, 6.07) is 5.48. The van der Waals surface area contributed by atoms with E-state index in [-0.39, 0.29) is 5.69 Å². The lowest BCUT2D eigenvalue weighted by Crippen LogP contribution is -2.38. The Morgan fingerprint density at radius 2 is 1.65 bits per heavy atom. The average molecular weight is 338 g/mol. The molecular weight excluding hydrogens is 322 g/mol. The van der Waals surface area contributed by atoms with E-state index in [1.54, 1.807) is 13.8 Å². The Kier molecular flexibility index (Phi) is 4.10. The molecule has 2 rings (SSSR count). The smallest absolute Gasteiger partial charge is 0.319 e. The summed E-state index contributed by atoms with van der Waals surface area (Å²) < 4.78 is 24.7. The van der Waals surface area contributed by atoms with Crippen molar-refractivity contribution in [3.63, 3.8) is 0 Å². The molecule has 3 N–H and O–H groups in total. The Morgan fingerprint density at radius 1 is 1.13 bits per heavy atom. The highest BCUT2D eigenvalue weighted by molar-refractivity contribution is 7.89. The fraction of sp³-hybridized carbons (Fsp3) is 0.214. The van der Waals surface area contributed by atoms with E-state index in [0.29, 0.717) is 11.4 Å². The Labute approximate surface area is 133 Å². The first-order chi connectivity index (χ1) is 10.5. The number of sulfonamides is 1. The number of aromatic nitrogens is 1. The standard InChI is InChI=1S/C14H15N3O5S/c1-8-4-9(2)16(10(3)5-8)12-6-11(23(15,21)22)7-13(14(12)18)17(19)20/h4-7H,1-3H3,(H2-,15,18,21,22)/p+1. The van der Waals surface area contributed by atoms with Gasteiger partial charge in [0.25, 0.3) is 11.4 Å². The minimum atomic E-state index is -4.17. The Bertz CT molecular complexity index is 899. The van der Waals surface area contributed by atoms with Crippen molar-refractivity contribution in [2.75, 3.05) is 0 Å². The number of nitro groups is 1. The predicted molar refractivity (Wildman–Crippen MR) is 81.9 cm³/mol. The summed E-state index contributed by atoms with van der Waals surface area (Å²) in [6.07, 6.45) is 0. The van der Waals surface area contributed by atoms with E-state index in [4.69, 9.17) is 5.14 Å². The number of primary sulfonamides is 1. The molecule has 8 nitrogen and oxygen atoms in total. The number of aromatic hydroxyl groups is 1. The van der Waals surface area contributed by atoms with E-state index in [1.165, 1.54) is 4.57 Å². The van der Waals surface area contributed by atoms with Crippen LogP contribution in [0.2, 0.25) is 0 Å². The van der Waals surface area contributed by atoms with Gasteiger partial charge in [0.15, 0.2) is 11.4 Å². The van der Waals surface area contributed by atoms with E-state index in [1.807, 2.05) is 19.1 Å². The largest absolute Gasteiger partial charge is 0.497 e. The van der Waals surface area contributed by atoms with Crippen molar-refractivity contribution in [2.24, 2.45) is 5.14 Å². The summed E-state index contributed by atoms with van der Waals surface area (Å²) in [7, 11) is -4.17. The number of nitro benzene ring substituents is 1. The lowest BCUT2D eigenvalue weighted by molar-refractivity contribution is -0.610. The molecule has 0 saturated carbocycles. The van der Waals surface area contributed by atoms with Crippen LogP contribution in [0.3, 0.4) is 0 Å². The molecule has 1 heterocycles. The number of phenolic OH excluding ortho intramolecular Hbond substituents is 1. The number of pyridine rings is 1. The summed E-state index contributed by atoms with van der Waals surface area (Å²) in [5, 5.41) is 26.4. The van der Waals surface area contributed by atoms with Gasteiger partial charge in [-0.05, 0) is 12.5 Å². The van der Waals surface area contributed by atoms with Gasteiger partial charge in [0, 0.05) is 38.1 Å². The molecule has 0 aliphatic carbocycles. The van der Waals surface area contributed by atoms with Crippen LogP contribution in [0.25, 0.3) is 5.69 Å². The molecule has 0 unspecified atom stereocenters. The maximum Gasteiger partial charge on any atom is 0.319 e. The van der Waals surface area contributed by atoms with Crippen LogP contribution in [0.15, 0.2) is 29.2 Å². The molecule has 0 bridgehead atoms. The van der Waals surface area contributed by atoms with Crippen molar-refractivity contribution < 1.29 is 23.0 Å². The van der Waals surface area contributed by atoms with Gasteiger partial charge >= 0.3 is 5.69 Å². The molecule has 1 aromatic heterocycles. The molecule has 23 heavy (non-hydrogen) atoms. The molecule has 0 spiro atoms. The zero-order valence-corrected chi connectivity index (χ0v) is 13.6. The third-order valence-electron chi connectivity index (χ3n) is 3.39. The predicted octanol–water partition coefficient (Wildman–Crippen LogP) is 1.15. The second-order valence-electron chi connectivity index (χ2n) is 5.26. The number of hydrogen-bond donors (Lipinski definition) is 2. The van der Waals surface area contributed by atoms with Gasteiger partial charge in [-0.25, -0.2) is 13.6 Å². The zero-order chi connectivity index (χ0) is 17.5. The first kappa shape index (κ1) is 16.8. The van der Waals surface area contributed by atoms with Crippen molar-refractivity contribution in [3.8, 4) is 11.4 Å². The van der Waals surface area contributed by atoms with E-state index in [0.717, 1.165) is 17.7 Å². The molecule has 9 heteroatoms. The molecule has 2 aromatic rings. The number of nitrogens with two attached hydrogens (primary N) is 1. The minimum Gasteiger partial charge on any atom is -0.497 e. The molecule has 0 aliphatic rings. The first-order valence-corrected chi connectivity index (χ1v) is 8.11. The van der Waals surface area contributed by atoms with Crippen LogP contribution in [0, 0.1) is 30.9 Å². The van der Waals surface area contributed by atoms with Gasteiger partial charge in [0.1, 0.15) is 0 Å². The molecule has 0 fully saturated rings. The maximum absolute atomic E-state index is 11.6. The molecule has 0 saturated heterocycles. The number of aryl methyl sites for hydroxylation is 3. The third kappa shape index (κ3) is 3.15. The normalized spacial score (nSPS) is 11.5. The van der Waals surface area contributed by atoms with E-state index in [9.17, 15) is 23.6 Å². The molecule has 0 atom stereocenters. The van der Waals surface area contributed by atoms with Gasteiger partial charge in [-0.15, -0.1) is 0 Å². The Balaban J connectivity index is 2.93. The Morgan fingerprint density at radius 3 is 2.09 bits per heavy atom. The fourth-order valence-corrected chi connectivity index (χ4v) is 3.09. The summed E-state index contributed by atoms with van der Waals surface area (Å²) in [4.78, 5) is 9.81. The maximum atomic E-state index is 11.6. The second-order valence-corrected chi connectivity index (χ2v) is 6.82. The van der Waals surface area contributed by atoms with Gasteiger partial charge in [0.05, 0.1) is 9.82 Å². The van der Waals surface area contributed by atoms with Gasteiger partial charge in [-0.2, -0.15) is 4.57 Å². The van der Waals surface area contributed by atoms with Crippen LogP contribution in [0.5, 0.6) is 5.75 Å². The van der Waals surface area contributed by atoms with Crippen molar-refractivity contribution in [1.29, 1.82) is 0 Å². The summed E-state index contributed by atoms with van der Waals surface area (Å²) >= 11 is 0. The number of rotatable bonds is 3. The molecule has 0 radical (unpaired) electrons. The van der Waals surface area contributed by atoms with Crippen LogP contribution < -0.4 is 9.71 Å². The van der Waals surface area contributed by atoms with Crippen LogP contribution >= 0.6 is 0 Å². The summed E-state index contributed by atoms with van der Waals surface area (Å²) in [5.41, 5.74) is 1.59. The van der Waals surface area contributed by atoms with Gasteiger partial charge in [-0.3, -0.25) is 10.1 Å². The molecule has 0 amide bonds. The van der Waals surface area contributed by atoms with E-state index >= 15 is 0 Å². The topological polar surface area (TPSA) is 127 Å². The monoisotopic (exact) mass is 338 g/mol. The van der Waals surface area contributed by atoms with Crippen LogP contribution in [0.4, 0.5) is 5.69 Å². The number of nitrogens with zero attached hydrogens (tertiary/aromatic N) is 2. The van der Waals surface area contributed by atoms with Crippen LogP contribution in [0.1, 0.15) is 17.0 Å². The van der Waals surface area contributed by atoms with Crippen molar-refractivity contribution >= 4 is 15.7 Å². The molecule has 0 aliphatic heterocycles. The minimum absolute atomic E-state index is 0.0155. The Hall–Kier alpha value is -2.52. The van der Waals surface area contributed by atoms with E-state index in [2.05, 4.69) is 0 Å². The highest BCUT2D eigenvalue weighted by Gasteiger charge is 2.30. The second kappa shape index (κ2) is 5.60. The van der Waals surface area contributed by atoms with Gasteiger partial charge < -0.3 is 5.11 Å². The fourth-order valence-electron chi connectivity index (χ4n) is 2.54. The van der Waals surface area contributed by atoms with Crippen LogP contribution in [-0.2, 0) is 10.0 Å². The quantitative estimate of drug-likeness (QED) is 0.493. The lowest BCUT2D eigenvalue weighted by Gasteiger charge is -2.08. The SMILES string of the molecule is Cc1cc(C)[n+](-c2cc(S(N)(=O)=O)cc([N+](=O)[O-])c2O)c(C)c1. The molecular formula is C14H16N3O5S+. The van der Waals surface area contributed by atoms with Gasteiger partial charge in [0.2, 0.25) is 10.0 Å². The summed E-state index contributed by atoms with van der Waals surface area (Å²) in [6.45, 7) is 5.37. The van der Waals surface area contributed by atoms with E-state index < -0.39 is 31.3 Å². The number of benzene rings is 1. The lowest BCUT2D eigenvalue weighted by atomic mass is 10.1. The number of hydrogen-bond acceptors (Lipinski definition) is 5. The van der Waals surface area contributed by atoms with Crippen LogP contribution in [-0.4, -0.2) is 18.4 Å². The average Bonchev–Trinajstić information content (AvgIpc) is 2.37. The first-order valence-electron chi connectivity index (χ1n) is 6.57. The highest BCUT2D eigenvalue weighted by atomic mass is 32.2. The summed E-state index contributed by atoms with van der Waals surface area (Å²) in [5.74, 6) is -0.623. The number of phenols is 1. The van der Waals surface area contributed by atoms with Gasteiger partial charge in [-0.1, -0.05) is 0 Å². The third-order valence-corrected chi connectivity index (χ3v) is 4.28.